The second-order valence-corrected chi connectivity index (χ2v) is 8.35. The largest absolute Gasteiger partial charge is 1.00 e. The van der Waals surface area contributed by atoms with Crippen molar-refractivity contribution in [3.8, 4) is 0 Å². The van der Waals surface area contributed by atoms with Gasteiger partial charge in [-0.25, -0.2) is 0 Å². The zero-order valence-electron chi connectivity index (χ0n) is 19.9. The van der Waals surface area contributed by atoms with Gasteiger partial charge in [0.2, 0.25) is 11.7 Å². The van der Waals surface area contributed by atoms with E-state index in [1.54, 1.807) is 0 Å². The van der Waals surface area contributed by atoms with Crippen LogP contribution in [0.1, 0.15) is 13.3 Å². The van der Waals surface area contributed by atoms with Crippen LogP contribution < -0.4 is 45.7 Å². The molecule has 0 saturated carbocycles. The fraction of sp³-hybridized carbons (Fsp3) is 0.895. The van der Waals surface area contributed by atoms with Crippen LogP contribution in [0.4, 0.5) is 0 Å². The normalized spacial score (nSPS) is 38.5. The zero-order valence-corrected chi connectivity index (χ0v) is 21.9. The predicted octanol–water partition coefficient (Wildman–Crippen LogP) is -10.4. The van der Waals surface area contributed by atoms with E-state index in [2.05, 4.69) is 5.32 Å². The summed E-state index contributed by atoms with van der Waals surface area (Å²) in [6.45, 7) is -0.710. The van der Waals surface area contributed by atoms with Gasteiger partial charge in [0.1, 0.15) is 48.7 Å². The number of aliphatic carboxylic acids is 1. The number of aliphatic hydroxyl groups excluding tert-OH is 7. The van der Waals surface area contributed by atoms with Crippen LogP contribution in [0.2, 0.25) is 0 Å². The van der Waals surface area contributed by atoms with Crippen LogP contribution in [0.15, 0.2) is 0 Å². The Hall–Kier alpha value is -0.540. The number of rotatable bonds is 11. The van der Waals surface area contributed by atoms with Crippen LogP contribution in [0, 0.1) is 0 Å². The fourth-order valence-corrected chi connectivity index (χ4v) is 3.86. The van der Waals surface area contributed by atoms with E-state index in [-0.39, 0.29) is 42.7 Å². The van der Waals surface area contributed by atoms with Gasteiger partial charge in [0.15, 0.2) is 6.29 Å². The summed E-state index contributed by atoms with van der Waals surface area (Å²) in [7, 11) is 0. The molecule has 2 heterocycles. The molecule has 11 atom stereocenters. The van der Waals surface area contributed by atoms with Gasteiger partial charge in [0.25, 0.3) is 0 Å². The molecule has 0 spiro atoms. The smallest absolute Gasteiger partial charge is 0.544 e. The van der Waals surface area contributed by atoms with Gasteiger partial charge in [-0.1, -0.05) is 0 Å². The Balaban J connectivity index is 0.00000648. The van der Waals surface area contributed by atoms with Gasteiger partial charge < -0.3 is 75.6 Å². The van der Waals surface area contributed by atoms with E-state index >= 15 is 0 Å². The number of nitrogens with one attached hydrogen (secondary N) is 1. The summed E-state index contributed by atoms with van der Waals surface area (Å²) in [5.41, 5.74) is 5.33. The van der Waals surface area contributed by atoms with Crippen molar-refractivity contribution in [1.29, 1.82) is 0 Å². The number of nitrogens with two attached hydrogens (primary N) is 1. The molecule has 10 N–H and O–H groups in total. The van der Waals surface area contributed by atoms with Gasteiger partial charge in [0, 0.05) is 19.9 Å². The van der Waals surface area contributed by atoms with Crippen LogP contribution in [0.3, 0.4) is 0 Å². The molecule has 2 aliphatic rings. The van der Waals surface area contributed by atoms with E-state index in [9.17, 15) is 45.3 Å². The molecular weight excluding hydrogens is 503 g/mol. The van der Waals surface area contributed by atoms with Crippen LogP contribution in [0.5, 0.6) is 0 Å². The van der Waals surface area contributed by atoms with Crippen molar-refractivity contribution in [1.82, 2.24) is 5.32 Å². The summed E-state index contributed by atoms with van der Waals surface area (Å²) in [5.74, 6) is -5.48. The molecule has 11 unspecified atom stereocenters. The summed E-state index contributed by atoms with van der Waals surface area (Å²) in [6, 6.07) is -1.41. The van der Waals surface area contributed by atoms with Gasteiger partial charge in [-0.15, -0.1) is 0 Å². The number of hydrogen-bond donors (Lipinski definition) is 9. The van der Waals surface area contributed by atoms with E-state index in [4.69, 9.17) is 29.8 Å². The summed E-state index contributed by atoms with van der Waals surface area (Å²) < 4.78 is 21.2. The second-order valence-electron chi connectivity index (χ2n) is 8.35. The average molecular weight is 536 g/mol. The van der Waals surface area contributed by atoms with E-state index < -0.39 is 98.5 Å². The Labute approximate surface area is 228 Å². The summed E-state index contributed by atoms with van der Waals surface area (Å²) in [5, 5.41) is 84.6. The van der Waals surface area contributed by atoms with Crippen LogP contribution >= 0.6 is 0 Å². The molecule has 2 saturated heterocycles. The summed E-state index contributed by atoms with van der Waals surface area (Å²) >= 11 is 0. The van der Waals surface area contributed by atoms with Crippen molar-refractivity contribution in [2.45, 2.75) is 80.3 Å². The molecule has 2 rings (SSSR count). The van der Waals surface area contributed by atoms with Crippen molar-refractivity contribution in [3.63, 3.8) is 0 Å². The van der Waals surface area contributed by atoms with Crippen molar-refractivity contribution in [2.75, 3.05) is 26.4 Å². The van der Waals surface area contributed by atoms with Gasteiger partial charge in [-0.2, -0.15) is 0 Å². The molecule has 2 aliphatic heterocycles. The fourth-order valence-electron chi connectivity index (χ4n) is 3.86. The van der Waals surface area contributed by atoms with Gasteiger partial charge >= 0.3 is 29.6 Å². The quantitative estimate of drug-likeness (QED) is 0.111. The predicted molar refractivity (Wildman–Crippen MR) is 108 cm³/mol. The van der Waals surface area contributed by atoms with Crippen molar-refractivity contribution < 1.29 is 98.9 Å². The molecule has 17 heteroatoms. The van der Waals surface area contributed by atoms with Crippen LogP contribution in [-0.4, -0.2) is 141 Å². The third-order valence-corrected chi connectivity index (χ3v) is 5.72. The van der Waals surface area contributed by atoms with E-state index in [1.807, 2.05) is 0 Å². The molecular formula is C19H33N2NaO14. The Bertz CT molecular complexity index is 722. The first-order chi connectivity index (χ1) is 16.4. The van der Waals surface area contributed by atoms with Crippen LogP contribution in [0.25, 0.3) is 0 Å². The standard InChI is InChI=1S/C19H34N2O14.Na/c1-7(23)21-11-8(24)4-19(18(30)31,35-16(11)12(26)9(25)5-22)33-6-10-13(27)14(28)15(29)17(34-10)32-3-2-20;/h8-17,22,24-29H,2-6,20H2,1H3,(H,21,23)(H,30,31);/q;+1/p-1. The number of ether oxygens (including phenoxy) is 4. The third kappa shape index (κ3) is 7.75. The molecule has 0 aromatic carbocycles. The number of amides is 1. The van der Waals surface area contributed by atoms with Crippen molar-refractivity contribution >= 4 is 11.9 Å². The zero-order chi connectivity index (χ0) is 26.5. The first kappa shape index (κ1) is 33.5. The average Bonchev–Trinajstić information content (AvgIpc) is 2.81. The number of hydrogen-bond acceptors (Lipinski definition) is 15. The summed E-state index contributed by atoms with van der Waals surface area (Å²) in [6.07, 6.45) is -16.3. The Morgan fingerprint density at radius 3 is 2.36 bits per heavy atom. The first-order valence-corrected chi connectivity index (χ1v) is 10.8. The molecule has 36 heavy (non-hydrogen) atoms. The maximum atomic E-state index is 12.1. The second kappa shape index (κ2) is 14.6. The monoisotopic (exact) mass is 536 g/mol. The van der Waals surface area contributed by atoms with E-state index in [1.165, 1.54) is 0 Å². The Morgan fingerprint density at radius 1 is 1.19 bits per heavy atom. The number of carbonyl (C=O) groups excluding carboxylic acids is 2. The molecule has 1 amide bonds. The first-order valence-electron chi connectivity index (χ1n) is 10.8. The van der Waals surface area contributed by atoms with Crippen molar-refractivity contribution in [3.05, 3.63) is 0 Å². The number of carboxylic acids is 1. The minimum atomic E-state index is -2.78. The number of carbonyl (C=O) groups is 2. The van der Waals surface area contributed by atoms with E-state index in [0.29, 0.717) is 0 Å². The summed E-state index contributed by atoms with van der Waals surface area (Å²) in [4.78, 5) is 23.6. The molecule has 204 valence electrons. The van der Waals surface area contributed by atoms with E-state index in [0.717, 1.165) is 6.92 Å². The Morgan fingerprint density at radius 2 is 1.83 bits per heavy atom. The molecule has 0 radical (unpaired) electrons. The maximum Gasteiger partial charge on any atom is 1.00 e. The topological polar surface area (TPSA) is 274 Å². The SMILES string of the molecule is CC(=O)NC1C(O)CC(OCC2OC(OCCN)C(O)C(O)C2O)(C(=O)[O-])OC1C(O)C(O)CO.[Na+]. The number of aliphatic hydroxyl groups is 7. The van der Waals surface area contributed by atoms with Gasteiger partial charge in [-0.05, 0) is 0 Å². The maximum absolute atomic E-state index is 12.1. The molecule has 16 nitrogen and oxygen atoms in total. The number of carboxylic acid groups (broad SMARTS) is 1. The minimum Gasteiger partial charge on any atom is -0.544 e. The van der Waals surface area contributed by atoms with Gasteiger partial charge in [-0.3, -0.25) is 4.79 Å². The van der Waals surface area contributed by atoms with Crippen molar-refractivity contribution in [2.24, 2.45) is 5.73 Å². The van der Waals surface area contributed by atoms with Crippen LogP contribution in [-0.2, 0) is 28.5 Å². The third-order valence-electron chi connectivity index (χ3n) is 5.72. The minimum absolute atomic E-state index is 0. The molecule has 2 fully saturated rings. The van der Waals surface area contributed by atoms with Gasteiger partial charge in [0.05, 0.1) is 32.0 Å². The molecule has 0 bridgehead atoms. The Kier molecular flexibility index (Phi) is 13.6. The molecule has 0 aromatic heterocycles. The molecule has 0 aromatic rings. The molecule has 0 aliphatic carbocycles.